The summed E-state index contributed by atoms with van der Waals surface area (Å²) in [5.41, 5.74) is 0. The van der Waals surface area contributed by atoms with Crippen molar-refractivity contribution in [3.63, 3.8) is 0 Å². The summed E-state index contributed by atoms with van der Waals surface area (Å²) in [6.45, 7) is 4.96. The molecule has 0 aromatic carbocycles. The van der Waals surface area contributed by atoms with E-state index in [0.717, 1.165) is 0 Å². The Morgan fingerprint density at radius 2 is 1.80 bits per heavy atom. The van der Waals surface area contributed by atoms with Gasteiger partial charge in [-0.05, 0) is 0 Å². The molecule has 0 aromatic heterocycles. The predicted octanol–water partition coefficient (Wildman–Crippen LogP) is -0.193. The Bertz CT molecular complexity index is 224. The van der Waals surface area contributed by atoms with Crippen molar-refractivity contribution in [2.75, 3.05) is 33.0 Å². The number of rotatable bonds is 3. The molecule has 0 aromatic rings. The third kappa shape index (κ3) is 2.30. The highest BCUT2D eigenvalue weighted by Gasteiger charge is 2.36. The minimum atomic E-state index is -0.736. The Kier molecular flexibility index (Phi) is 3.23. The monoisotopic (exact) mass is 215 g/mol. The summed E-state index contributed by atoms with van der Waals surface area (Å²) in [6.07, 6.45) is 0. The van der Waals surface area contributed by atoms with Crippen LogP contribution in [-0.2, 0) is 14.3 Å². The van der Waals surface area contributed by atoms with E-state index in [4.69, 9.17) is 14.6 Å². The van der Waals surface area contributed by atoms with Gasteiger partial charge in [-0.1, -0.05) is 6.92 Å². The molecule has 2 rings (SSSR count). The molecule has 0 spiro atoms. The summed E-state index contributed by atoms with van der Waals surface area (Å²) >= 11 is 0. The number of carboxylic acids is 1. The molecule has 0 aliphatic carbocycles. The highest BCUT2D eigenvalue weighted by Crippen LogP contribution is 2.20. The minimum absolute atomic E-state index is 0.235. The fourth-order valence-corrected chi connectivity index (χ4v) is 2.15. The van der Waals surface area contributed by atoms with E-state index >= 15 is 0 Å². The maximum atomic E-state index is 10.8. The molecule has 0 radical (unpaired) electrons. The van der Waals surface area contributed by atoms with Crippen molar-refractivity contribution in [3.05, 3.63) is 0 Å². The van der Waals surface area contributed by atoms with Crippen molar-refractivity contribution in [1.29, 1.82) is 0 Å². The van der Waals surface area contributed by atoms with Crippen LogP contribution < -0.4 is 0 Å². The molecule has 0 amide bonds. The van der Waals surface area contributed by atoms with Gasteiger partial charge in [-0.3, -0.25) is 9.69 Å². The Morgan fingerprint density at radius 1 is 1.33 bits per heavy atom. The molecule has 2 bridgehead atoms. The van der Waals surface area contributed by atoms with Crippen LogP contribution in [0.15, 0.2) is 0 Å². The zero-order valence-electron chi connectivity index (χ0n) is 8.89. The van der Waals surface area contributed by atoms with Gasteiger partial charge in [-0.2, -0.15) is 0 Å². The summed E-state index contributed by atoms with van der Waals surface area (Å²) in [6, 6.07) is 0.471. The molecule has 2 aliphatic rings. The largest absolute Gasteiger partial charge is 0.481 e. The van der Waals surface area contributed by atoms with Gasteiger partial charge in [0.25, 0.3) is 0 Å². The fourth-order valence-electron chi connectivity index (χ4n) is 2.15. The lowest BCUT2D eigenvalue weighted by atomic mass is 10.0. The van der Waals surface area contributed by atoms with Crippen LogP contribution in [0.1, 0.15) is 6.92 Å². The number of nitrogens with zero attached hydrogens (tertiary/aromatic N) is 1. The minimum Gasteiger partial charge on any atom is -0.481 e. The normalized spacial score (nSPS) is 33.7. The smallest absolute Gasteiger partial charge is 0.307 e. The highest BCUT2D eigenvalue weighted by molar-refractivity contribution is 5.69. The van der Waals surface area contributed by atoms with Gasteiger partial charge in [0.05, 0.1) is 44.4 Å². The number of carboxylic acid groups (broad SMARTS) is 1. The molecular formula is C10H17NO4. The number of morpholine rings is 2. The van der Waals surface area contributed by atoms with Crippen LogP contribution in [0.3, 0.4) is 0 Å². The molecule has 86 valence electrons. The lowest BCUT2D eigenvalue weighted by Gasteiger charge is -2.45. The number of carbonyl (C=O) groups is 1. The lowest BCUT2D eigenvalue weighted by Crippen LogP contribution is -2.60. The van der Waals surface area contributed by atoms with E-state index in [-0.39, 0.29) is 18.0 Å². The van der Waals surface area contributed by atoms with E-state index in [2.05, 4.69) is 4.90 Å². The summed E-state index contributed by atoms with van der Waals surface area (Å²) in [5.74, 6) is -1.06. The second-order valence-corrected chi connectivity index (χ2v) is 4.32. The summed E-state index contributed by atoms with van der Waals surface area (Å²) < 4.78 is 10.9. The zero-order chi connectivity index (χ0) is 10.8. The molecule has 2 saturated heterocycles. The van der Waals surface area contributed by atoms with Crippen LogP contribution in [0.25, 0.3) is 0 Å². The molecule has 2 fully saturated rings. The van der Waals surface area contributed by atoms with Gasteiger partial charge in [0.15, 0.2) is 0 Å². The topological polar surface area (TPSA) is 59.0 Å². The maximum absolute atomic E-state index is 10.8. The SMILES string of the molecule is CC(CN1C2COCC1COC2)C(=O)O. The van der Waals surface area contributed by atoms with Gasteiger partial charge in [0, 0.05) is 6.54 Å². The Balaban J connectivity index is 1.97. The van der Waals surface area contributed by atoms with Gasteiger partial charge in [0.1, 0.15) is 0 Å². The molecule has 2 aliphatic heterocycles. The Morgan fingerprint density at radius 3 is 2.20 bits per heavy atom. The first-order chi connectivity index (χ1) is 7.18. The average molecular weight is 215 g/mol. The summed E-state index contributed by atoms with van der Waals surface area (Å²) in [5, 5.41) is 8.89. The van der Waals surface area contributed by atoms with E-state index in [0.29, 0.717) is 33.0 Å². The van der Waals surface area contributed by atoms with E-state index in [1.165, 1.54) is 0 Å². The van der Waals surface area contributed by atoms with E-state index < -0.39 is 5.97 Å². The van der Waals surface area contributed by atoms with Crippen molar-refractivity contribution < 1.29 is 19.4 Å². The number of ether oxygens (including phenoxy) is 2. The first-order valence-corrected chi connectivity index (χ1v) is 5.32. The number of hydrogen-bond acceptors (Lipinski definition) is 4. The van der Waals surface area contributed by atoms with Gasteiger partial charge in [-0.25, -0.2) is 0 Å². The van der Waals surface area contributed by atoms with E-state index in [9.17, 15) is 4.79 Å². The second-order valence-electron chi connectivity index (χ2n) is 4.32. The Hall–Kier alpha value is -0.650. The van der Waals surface area contributed by atoms with E-state index in [1.807, 2.05) is 0 Å². The first-order valence-electron chi connectivity index (χ1n) is 5.32. The number of aliphatic carboxylic acids is 1. The third-order valence-corrected chi connectivity index (χ3v) is 3.09. The van der Waals surface area contributed by atoms with Gasteiger partial charge >= 0.3 is 5.97 Å². The molecule has 2 heterocycles. The molecule has 1 unspecified atom stereocenters. The molecule has 1 N–H and O–H groups in total. The standard InChI is InChI=1S/C10H17NO4/c1-7(10(12)13)2-11-8-3-14-5-9(11)6-15-4-8/h7-9H,2-6H2,1H3,(H,12,13). The Labute approximate surface area is 89.0 Å². The van der Waals surface area contributed by atoms with Crippen molar-refractivity contribution in [2.45, 2.75) is 19.0 Å². The summed E-state index contributed by atoms with van der Waals surface area (Å²) in [4.78, 5) is 13.0. The number of hydrogen-bond donors (Lipinski definition) is 1. The molecule has 1 atom stereocenters. The van der Waals surface area contributed by atoms with Crippen LogP contribution >= 0.6 is 0 Å². The van der Waals surface area contributed by atoms with Crippen molar-refractivity contribution >= 4 is 5.97 Å². The van der Waals surface area contributed by atoms with Gasteiger partial charge < -0.3 is 14.6 Å². The lowest BCUT2D eigenvalue weighted by molar-refractivity contribution is -0.154. The van der Waals surface area contributed by atoms with Crippen LogP contribution in [0, 0.1) is 5.92 Å². The summed E-state index contributed by atoms with van der Waals surface area (Å²) in [7, 11) is 0. The molecule has 15 heavy (non-hydrogen) atoms. The fraction of sp³-hybridized carbons (Fsp3) is 0.900. The van der Waals surface area contributed by atoms with Gasteiger partial charge in [0.2, 0.25) is 0 Å². The highest BCUT2D eigenvalue weighted by atomic mass is 16.5. The predicted molar refractivity (Wildman–Crippen MR) is 52.7 cm³/mol. The number of fused-ring (bicyclic) bond motifs is 2. The third-order valence-electron chi connectivity index (χ3n) is 3.09. The van der Waals surface area contributed by atoms with Crippen LogP contribution in [0.4, 0.5) is 0 Å². The maximum Gasteiger partial charge on any atom is 0.307 e. The molecule has 0 saturated carbocycles. The molecule has 5 heteroatoms. The second kappa shape index (κ2) is 4.47. The average Bonchev–Trinajstić information content (AvgIpc) is 2.16. The van der Waals surface area contributed by atoms with E-state index in [1.54, 1.807) is 6.92 Å². The van der Waals surface area contributed by atoms with Gasteiger partial charge in [-0.15, -0.1) is 0 Å². The molecular weight excluding hydrogens is 198 g/mol. The van der Waals surface area contributed by atoms with Crippen molar-refractivity contribution in [2.24, 2.45) is 5.92 Å². The quantitative estimate of drug-likeness (QED) is 0.707. The first kappa shape index (κ1) is 10.9. The van der Waals surface area contributed by atoms with Crippen molar-refractivity contribution in [3.8, 4) is 0 Å². The van der Waals surface area contributed by atoms with Crippen LogP contribution in [0.2, 0.25) is 0 Å². The van der Waals surface area contributed by atoms with Crippen molar-refractivity contribution in [1.82, 2.24) is 4.90 Å². The van der Waals surface area contributed by atoms with Crippen LogP contribution in [0.5, 0.6) is 0 Å². The molecule has 5 nitrogen and oxygen atoms in total. The van der Waals surface area contributed by atoms with Crippen LogP contribution in [-0.4, -0.2) is 61.0 Å². The zero-order valence-corrected chi connectivity index (χ0v) is 8.89.